The number of carbonyl (C=O) groups excluding carboxylic acids is 1. The first-order valence-electron chi connectivity index (χ1n) is 6.02. The predicted molar refractivity (Wildman–Crippen MR) is 65.8 cm³/mol. The molecule has 0 amide bonds. The molecule has 0 radical (unpaired) electrons. The summed E-state index contributed by atoms with van der Waals surface area (Å²) in [6, 6.07) is 5.11. The summed E-state index contributed by atoms with van der Waals surface area (Å²) in [6.07, 6.45) is 3.32. The van der Waals surface area contributed by atoms with Gasteiger partial charge in [0, 0.05) is 12.8 Å². The van der Waals surface area contributed by atoms with Crippen LogP contribution in [0.5, 0.6) is 5.75 Å². The zero-order chi connectivity index (χ0) is 12.7. The summed E-state index contributed by atoms with van der Waals surface area (Å²) >= 11 is 0. The van der Waals surface area contributed by atoms with Gasteiger partial charge in [0.1, 0.15) is 5.78 Å². The highest BCUT2D eigenvalue weighted by atomic mass is 19.1. The Kier molecular flexibility index (Phi) is 5.67. The average Bonchev–Trinajstić information content (AvgIpc) is 2.32. The molecule has 0 aromatic heterocycles. The molecule has 1 rings (SSSR count). The minimum absolute atomic E-state index is 0.260. The van der Waals surface area contributed by atoms with Crippen LogP contribution in [0.25, 0.3) is 0 Å². The summed E-state index contributed by atoms with van der Waals surface area (Å²) in [7, 11) is 1.45. The summed E-state index contributed by atoms with van der Waals surface area (Å²) in [5.41, 5.74) is 0.619. The molecule has 1 aromatic rings. The van der Waals surface area contributed by atoms with E-state index in [0.29, 0.717) is 31.2 Å². The lowest BCUT2D eigenvalue weighted by atomic mass is 10.0. The van der Waals surface area contributed by atoms with Crippen molar-refractivity contribution in [3.05, 3.63) is 29.6 Å². The van der Waals surface area contributed by atoms with Crippen LogP contribution in [0, 0.1) is 5.82 Å². The van der Waals surface area contributed by atoms with E-state index >= 15 is 0 Å². The van der Waals surface area contributed by atoms with Gasteiger partial charge in [-0.25, -0.2) is 4.39 Å². The first-order valence-corrected chi connectivity index (χ1v) is 6.02. The molecule has 0 atom stereocenters. The second-order valence-electron chi connectivity index (χ2n) is 4.08. The van der Waals surface area contributed by atoms with Gasteiger partial charge in [-0.3, -0.25) is 4.79 Å². The zero-order valence-electron chi connectivity index (χ0n) is 10.5. The van der Waals surface area contributed by atoms with Gasteiger partial charge in [-0.15, -0.1) is 0 Å². The number of halogens is 1. The lowest BCUT2D eigenvalue weighted by Gasteiger charge is -2.06. The normalized spacial score (nSPS) is 10.3. The summed E-state index contributed by atoms with van der Waals surface area (Å²) in [4.78, 5) is 11.3. The van der Waals surface area contributed by atoms with Crippen molar-refractivity contribution < 1.29 is 13.9 Å². The van der Waals surface area contributed by atoms with Crippen molar-refractivity contribution in [2.75, 3.05) is 7.11 Å². The Balaban J connectivity index is 2.49. The Labute approximate surface area is 102 Å². The topological polar surface area (TPSA) is 26.3 Å². The lowest BCUT2D eigenvalue weighted by molar-refractivity contribution is -0.119. The van der Waals surface area contributed by atoms with Crippen LogP contribution in [0.3, 0.4) is 0 Å². The van der Waals surface area contributed by atoms with Crippen molar-refractivity contribution >= 4 is 5.78 Å². The molecule has 0 saturated carbocycles. The van der Waals surface area contributed by atoms with Gasteiger partial charge in [0.2, 0.25) is 0 Å². The second kappa shape index (κ2) is 7.05. The zero-order valence-corrected chi connectivity index (χ0v) is 10.5. The van der Waals surface area contributed by atoms with Crippen LogP contribution in [0.1, 0.15) is 38.2 Å². The summed E-state index contributed by atoms with van der Waals surface area (Å²) in [5, 5.41) is 0. The molecule has 0 aliphatic carbocycles. The molecule has 17 heavy (non-hydrogen) atoms. The molecule has 1 aromatic carbocycles. The quantitative estimate of drug-likeness (QED) is 0.726. The van der Waals surface area contributed by atoms with E-state index in [4.69, 9.17) is 4.74 Å². The van der Waals surface area contributed by atoms with Crippen molar-refractivity contribution in [2.24, 2.45) is 0 Å². The number of ketones is 1. The highest BCUT2D eigenvalue weighted by molar-refractivity contribution is 5.78. The van der Waals surface area contributed by atoms with E-state index in [9.17, 15) is 9.18 Å². The molecule has 0 unspecified atom stereocenters. The maximum absolute atomic E-state index is 13.7. The van der Waals surface area contributed by atoms with E-state index in [1.165, 1.54) is 7.11 Å². The summed E-state index contributed by atoms with van der Waals surface area (Å²) in [5.74, 6) is 0.219. The van der Waals surface area contributed by atoms with E-state index in [1.807, 2.05) is 6.92 Å². The van der Waals surface area contributed by atoms with Gasteiger partial charge in [0.05, 0.1) is 7.11 Å². The molecule has 0 aliphatic rings. The van der Waals surface area contributed by atoms with Gasteiger partial charge in [-0.2, -0.15) is 0 Å². The Morgan fingerprint density at radius 3 is 2.76 bits per heavy atom. The minimum Gasteiger partial charge on any atom is -0.494 e. The third-order valence-electron chi connectivity index (χ3n) is 2.69. The summed E-state index contributed by atoms with van der Waals surface area (Å²) in [6.45, 7) is 1.99. The number of benzene rings is 1. The number of methoxy groups -OCH3 is 1. The lowest BCUT2D eigenvalue weighted by Crippen LogP contribution is -2.00. The molecule has 0 N–H and O–H groups in total. The fraction of sp³-hybridized carbons (Fsp3) is 0.500. The van der Waals surface area contributed by atoms with E-state index in [0.717, 1.165) is 6.42 Å². The fourth-order valence-electron chi connectivity index (χ4n) is 1.79. The van der Waals surface area contributed by atoms with Crippen LogP contribution in [-0.2, 0) is 11.2 Å². The predicted octanol–water partition coefficient (Wildman–Crippen LogP) is 3.53. The van der Waals surface area contributed by atoms with Crippen LogP contribution in [-0.4, -0.2) is 12.9 Å². The van der Waals surface area contributed by atoms with Gasteiger partial charge in [-0.1, -0.05) is 19.1 Å². The SMILES string of the molecule is CCCC(=O)CCCc1cccc(OC)c1F. The number of Topliss-reactive ketones (excluding diaryl/α,β-unsaturated/α-hetero) is 1. The van der Waals surface area contributed by atoms with Gasteiger partial charge < -0.3 is 4.74 Å². The van der Waals surface area contributed by atoms with Crippen molar-refractivity contribution in [1.29, 1.82) is 0 Å². The third-order valence-corrected chi connectivity index (χ3v) is 2.69. The number of hydrogen-bond acceptors (Lipinski definition) is 2. The first-order chi connectivity index (χ1) is 8.19. The Bertz CT molecular complexity index is 374. The molecule has 0 aliphatic heterocycles. The largest absolute Gasteiger partial charge is 0.494 e. The number of rotatable bonds is 7. The van der Waals surface area contributed by atoms with Crippen LogP contribution < -0.4 is 4.74 Å². The molecule has 3 heteroatoms. The number of carbonyl (C=O) groups is 1. The molecule has 0 bridgehead atoms. The molecule has 0 fully saturated rings. The highest BCUT2D eigenvalue weighted by Crippen LogP contribution is 2.21. The maximum atomic E-state index is 13.7. The van der Waals surface area contributed by atoms with Crippen LogP contribution in [0.15, 0.2) is 18.2 Å². The maximum Gasteiger partial charge on any atom is 0.168 e. The van der Waals surface area contributed by atoms with Gasteiger partial charge in [0.25, 0.3) is 0 Å². The van der Waals surface area contributed by atoms with E-state index in [1.54, 1.807) is 18.2 Å². The third kappa shape index (κ3) is 4.17. The van der Waals surface area contributed by atoms with E-state index in [2.05, 4.69) is 0 Å². The molecular formula is C14H19FO2. The van der Waals surface area contributed by atoms with Gasteiger partial charge in [0.15, 0.2) is 11.6 Å². The van der Waals surface area contributed by atoms with Crippen LogP contribution >= 0.6 is 0 Å². The van der Waals surface area contributed by atoms with Crippen LogP contribution in [0.4, 0.5) is 4.39 Å². The van der Waals surface area contributed by atoms with Gasteiger partial charge in [-0.05, 0) is 30.9 Å². The average molecular weight is 238 g/mol. The minimum atomic E-state index is -0.307. The second-order valence-corrected chi connectivity index (χ2v) is 4.08. The van der Waals surface area contributed by atoms with Crippen molar-refractivity contribution in [2.45, 2.75) is 39.0 Å². The fourth-order valence-corrected chi connectivity index (χ4v) is 1.79. The van der Waals surface area contributed by atoms with Crippen molar-refractivity contribution in [1.82, 2.24) is 0 Å². The number of ether oxygens (including phenoxy) is 1. The number of hydrogen-bond donors (Lipinski definition) is 0. The Morgan fingerprint density at radius 2 is 2.12 bits per heavy atom. The molecule has 0 heterocycles. The standard InChI is InChI=1S/C14H19FO2/c1-3-6-12(16)9-4-7-11-8-5-10-13(17-2)14(11)15/h5,8,10H,3-4,6-7,9H2,1-2H3. The summed E-state index contributed by atoms with van der Waals surface area (Å²) < 4.78 is 18.6. The van der Waals surface area contributed by atoms with Crippen molar-refractivity contribution in [3.8, 4) is 5.75 Å². The Hall–Kier alpha value is -1.38. The Morgan fingerprint density at radius 1 is 1.35 bits per heavy atom. The van der Waals surface area contributed by atoms with Crippen molar-refractivity contribution in [3.63, 3.8) is 0 Å². The van der Waals surface area contributed by atoms with Gasteiger partial charge >= 0.3 is 0 Å². The first kappa shape index (κ1) is 13.7. The monoisotopic (exact) mass is 238 g/mol. The van der Waals surface area contributed by atoms with E-state index < -0.39 is 0 Å². The molecule has 94 valence electrons. The number of aryl methyl sites for hydroxylation is 1. The smallest absolute Gasteiger partial charge is 0.168 e. The van der Waals surface area contributed by atoms with Crippen LogP contribution in [0.2, 0.25) is 0 Å². The molecule has 0 saturated heterocycles. The highest BCUT2D eigenvalue weighted by Gasteiger charge is 2.08. The molecule has 0 spiro atoms. The molecule has 2 nitrogen and oxygen atoms in total. The van der Waals surface area contributed by atoms with E-state index in [-0.39, 0.29) is 17.3 Å². The molecular weight excluding hydrogens is 219 g/mol.